The number of ether oxygens (including phenoxy) is 2. The number of halogens is 1. The van der Waals surface area contributed by atoms with Crippen LogP contribution in [0.2, 0.25) is 0 Å². The summed E-state index contributed by atoms with van der Waals surface area (Å²) < 4.78 is 23.5. The Balaban J connectivity index is 2.88. The van der Waals surface area contributed by atoms with E-state index in [1.54, 1.807) is 26.8 Å². The van der Waals surface area contributed by atoms with Crippen LogP contribution in [0, 0.1) is 11.2 Å². The van der Waals surface area contributed by atoms with Crippen molar-refractivity contribution in [1.82, 2.24) is 0 Å². The number of methoxy groups -OCH3 is 1. The maximum Gasteiger partial charge on any atom is 0.314 e. The first-order chi connectivity index (χ1) is 8.77. The summed E-state index contributed by atoms with van der Waals surface area (Å²) in [7, 11) is 1.32. The Morgan fingerprint density at radius 3 is 2.63 bits per heavy atom. The van der Waals surface area contributed by atoms with Gasteiger partial charge in [-0.25, -0.2) is 4.39 Å². The fourth-order valence-corrected chi connectivity index (χ4v) is 1.60. The highest BCUT2D eigenvalue weighted by Crippen LogP contribution is 2.27. The van der Waals surface area contributed by atoms with E-state index >= 15 is 0 Å². The van der Waals surface area contributed by atoms with Crippen LogP contribution in [0.15, 0.2) is 18.2 Å². The molecule has 1 rings (SSSR count). The molecule has 5 heteroatoms. The lowest BCUT2D eigenvalue weighted by molar-refractivity contribution is -0.152. The van der Waals surface area contributed by atoms with Crippen LogP contribution >= 0.6 is 0 Å². The topological polar surface area (TPSA) is 61.5 Å². The second kappa shape index (κ2) is 6.02. The van der Waals surface area contributed by atoms with Crippen LogP contribution in [0.3, 0.4) is 0 Å². The van der Waals surface area contributed by atoms with Gasteiger partial charge < -0.3 is 15.2 Å². The maximum atomic E-state index is 13.2. The van der Waals surface area contributed by atoms with Crippen LogP contribution in [-0.4, -0.2) is 19.7 Å². The second-order valence-electron chi connectivity index (χ2n) is 5.13. The monoisotopic (exact) mass is 269 g/mol. The lowest BCUT2D eigenvalue weighted by Crippen LogP contribution is -2.32. The molecule has 0 radical (unpaired) electrons. The number of carbonyl (C=O) groups excluding carboxylic acids is 1. The molecule has 0 saturated heterocycles. The molecule has 4 nitrogen and oxygen atoms in total. The van der Waals surface area contributed by atoms with Crippen molar-refractivity contribution in [1.29, 1.82) is 0 Å². The molecule has 1 aromatic rings. The van der Waals surface area contributed by atoms with E-state index in [1.807, 2.05) is 0 Å². The smallest absolute Gasteiger partial charge is 0.314 e. The Morgan fingerprint density at radius 1 is 1.47 bits per heavy atom. The zero-order valence-electron chi connectivity index (χ0n) is 11.7. The summed E-state index contributed by atoms with van der Waals surface area (Å²) in [5.41, 5.74) is 5.68. The number of esters is 1. The van der Waals surface area contributed by atoms with Gasteiger partial charge in [-0.3, -0.25) is 4.79 Å². The zero-order chi connectivity index (χ0) is 14.6. The molecular weight excluding hydrogens is 249 g/mol. The average Bonchev–Trinajstić information content (AvgIpc) is 2.35. The van der Waals surface area contributed by atoms with E-state index in [-0.39, 0.29) is 18.6 Å². The number of hydrogen-bond acceptors (Lipinski definition) is 4. The molecule has 0 amide bonds. The Labute approximate surface area is 112 Å². The van der Waals surface area contributed by atoms with Crippen molar-refractivity contribution in [2.45, 2.75) is 26.8 Å². The normalized spacial score (nSPS) is 12.9. The van der Waals surface area contributed by atoms with Gasteiger partial charge in [0.1, 0.15) is 18.2 Å². The molecule has 0 heterocycles. The molecule has 0 aliphatic carbocycles. The molecule has 1 aromatic carbocycles. The standard InChI is InChI=1S/C14H20FNO3/c1-9(16)11-6-5-10(15)7-12(11)19-8-14(2,3)13(17)18-4/h5-7,9H,8,16H2,1-4H3/t9-/m0/s1. The van der Waals surface area contributed by atoms with Crippen molar-refractivity contribution in [2.75, 3.05) is 13.7 Å². The second-order valence-corrected chi connectivity index (χ2v) is 5.13. The molecule has 1 atom stereocenters. The number of benzene rings is 1. The quantitative estimate of drug-likeness (QED) is 0.834. The minimum Gasteiger partial charge on any atom is -0.492 e. The first-order valence-corrected chi connectivity index (χ1v) is 6.04. The van der Waals surface area contributed by atoms with Crippen molar-refractivity contribution in [3.8, 4) is 5.75 Å². The van der Waals surface area contributed by atoms with Crippen molar-refractivity contribution >= 4 is 5.97 Å². The summed E-state index contributed by atoms with van der Waals surface area (Å²) in [6.45, 7) is 5.27. The molecule has 0 aliphatic heterocycles. The van der Waals surface area contributed by atoms with Crippen LogP contribution in [0.25, 0.3) is 0 Å². The van der Waals surface area contributed by atoms with Gasteiger partial charge in [-0.2, -0.15) is 0 Å². The molecule has 0 aromatic heterocycles. The molecule has 106 valence electrons. The van der Waals surface area contributed by atoms with Crippen LogP contribution in [0.5, 0.6) is 5.75 Å². The van der Waals surface area contributed by atoms with Gasteiger partial charge in [-0.15, -0.1) is 0 Å². The fourth-order valence-electron chi connectivity index (χ4n) is 1.60. The summed E-state index contributed by atoms with van der Waals surface area (Å²) >= 11 is 0. The van der Waals surface area contributed by atoms with Crippen molar-refractivity contribution in [3.05, 3.63) is 29.6 Å². The van der Waals surface area contributed by atoms with E-state index in [4.69, 9.17) is 10.5 Å². The Hall–Kier alpha value is -1.62. The van der Waals surface area contributed by atoms with E-state index in [9.17, 15) is 9.18 Å². The summed E-state index contributed by atoms with van der Waals surface area (Å²) in [4.78, 5) is 11.5. The van der Waals surface area contributed by atoms with E-state index in [0.29, 0.717) is 11.3 Å². The predicted molar refractivity (Wildman–Crippen MR) is 70.3 cm³/mol. The van der Waals surface area contributed by atoms with Gasteiger partial charge in [0.2, 0.25) is 0 Å². The molecule has 0 fully saturated rings. The van der Waals surface area contributed by atoms with E-state index < -0.39 is 11.2 Å². The third-order valence-corrected chi connectivity index (χ3v) is 2.79. The molecule has 0 unspecified atom stereocenters. The Bertz CT molecular complexity index is 458. The number of hydrogen-bond donors (Lipinski definition) is 1. The first-order valence-electron chi connectivity index (χ1n) is 6.04. The molecule has 19 heavy (non-hydrogen) atoms. The molecule has 0 bridgehead atoms. The third kappa shape index (κ3) is 3.92. The Morgan fingerprint density at radius 2 is 2.11 bits per heavy atom. The van der Waals surface area contributed by atoms with Crippen LogP contribution in [-0.2, 0) is 9.53 Å². The lowest BCUT2D eigenvalue weighted by Gasteiger charge is -2.23. The van der Waals surface area contributed by atoms with Gasteiger partial charge in [0.15, 0.2) is 0 Å². The van der Waals surface area contributed by atoms with E-state index in [1.165, 1.54) is 19.2 Å². The largest absolute Gasteiger partial charge is 0.492 e. The molecule has 0 aliphatic rings. The van der Waals surface area contributed by atoms with Gasteiger partial charge >= 0.3 is 5.97 Å². The van der Waals surface area contributed by atoms with Crippen molar-refractivity contribution < 1.29 is 18.7 Å². The van der Waals surface area contributed by atoms with E-state index in [0.717, 1.165) is 0 Å². The van der Waals surface area contributed by atoms with Crippen LogP contribution in [0.4, 0.5) is 4.39 Å². The van der Waals surface area contributed by atoms with Gasteiger partial charge in [0.05, 0.1) is 12.5 Å². The summed E-state index contributed by atoms with van der Waals surface area (Å²) in [5, 5.41) is 0. The predicted octanol–water partition coefficient (Wildman–Crippen LogP) is 2.42. The number of nitrogens with two attached hydrogens (primary N) is 1. The van der Waals surface area contributed by atoms with E-state index in [2.05, 4.69) is 4.74 Å². The van der Waals surface area contributed by atoms with Crippen molar-refractivity contribution in [3.63, 3.8) is 0 Å². The van der Waals surface area contributed by atoms with Gasteiger partial charge in [0.25, 0.3) is 0 Å². The first kappa shape index (κ1) is 15.4. The van der Waals surface area contributed by atoms with Gasteiger partial charge in [-0.1, -0.05) is 6.07 Å². The van der Waals surface area contributed by atoms with Crippen LogP contribution in [0.1, 0.15) is 32.4 Å². The maximum absolute atomic E-state index is 13.2. The summed E-state index contributed by atoms with van der Waals surface area (Å²) in [6, 6.07) is 3.90. The highest BCUT2D eigenvalue weighted by atomic mass is 19.1. The molecule has 2 N–H and O–H groups in total. The average molecular weight is 269 g/mol. The SMILES string of the molecule is COC(=O)C(C)(C)COc1cc(F)ccc1[C@H](C)N. The minimum atomic E-state index is -0.809. The Kier molecular flexibility index (Phi) is 4.89. The summed E-state index contributed by atoms with van der Waals surface area (Å²) in [6.07, 6.45) is 0. The third-order valence-electron chi connectivity index (χ3n) is 2.79. The molecular formula is C14H20FNO3. The van der Waals surface area contributed by atoms with Gasteiger partial charge in [0, 0.05) is 17.7 Å². The van der Waals surface area contributed by atoms with Gasteiger partial charge in [-0.05, 0) is 26.8 Å². The highest BCUT2D eigenvalue weighted by molar-refractivity contribution is 5.75. The fraction of sp³-hybridized carbons (Fsp3) is 0.500. The molecule has 0 saturated carbocycles. The molecule has 0 spiro atoms. The number of carbonyl (C=O) groups is 1. The number of rotatable bonds is 5. The summed E-state index contributed by atoms with van der Waals surface area (Å²) in [5.74, 6) is -0.437. The lowest BCUT2D eigenvalue weighted by atomic mass is 9.95. The van der Waals surface area contributed by atoms with Crippen LogP contribution < -0.4 is 10.5 Å². The minimum absolute atomic E-state index is 0.0862. The highest BCUT2D eigenvalue weighted by Gasteiger charge is 2.30. The van der Waals surface area contributed by atoms with Crippen molar-refractivity contribution in [2.24, 2.45) is 11.1 Å². The zero-order valence-corrected chi connectivity index (χ0v) is 11.7.